The second-order valence-electron chi connectivity index (χ2n) is 10.3. The Kier molecular flexibility index (Phi) is 10.1. The third-order valence-electron chi connectivity index (χ3n) is 6.59. The number of nitrogens with zero attached hydrogens (tertiary/aromatic N) is 1. The number of carbonyl (C=O) groups excluding carboxylic acids is 2. The van der Waals surface area contributed by atoms with Gasteiger partial charge in [0, 0.05) is 25.4 Å². The highest BCUT2D eigenvalue weighted by molar-refractivity contribution is 5.69. The number of nitriles is 1. The number of nitrogens with one attached hydrogen (secondary N) is 1. The van der Waals surface area contributed by atoms with Crippen molar-refractivity contribution in [3.63, 3.8) is 0 Å². The van der Waals surface area contributed by atoms with Crippen molar-refractivity contribution in [2.45, 2.75) is 71.4 Å². The van der Waals surface area contributed by atoms with Gasteiger partial charge in [-0.25, -0.2) is 0 Å². The average Bonchev–Trinajstić information content (AvgIpc) is 3.26. The summed E-state index contributed by atoms with van der Waals surface area (Å²) in [5, 5.41) is 13.1. The lowest BCUT2D eigenvalue weighted by molar-refractivity contribution is -0.148. The van der Waals surface area contributed by atoms with Crippen LogP contribution in [-0.4, -0.2) is 43.3 Å². The standard InChI is InChI=1S/C30H38N2O5/c1-5-35-29(34)13-11-22-10-12-26(18-31)28(16-22)36-20-27(37-21(2)33)19-32-30(3,4)17-23-14-24-8-6-7-9-25(24)15-23/h6-10,12,16,23,27,32H,5,11,13-15,17,19-20H2,1-4H3/t27-/m0/s1. The van der Waals surface area contributed by atoms with Crippen LogP contribution in [0.15, 0.2) is 42.5 Å². The molecule has 1 aliphatic rings. The van der Waals surface area contributed by atoms with Gasteiger partial charge in [0.2, 0.25) is 0 Å². The molecule has 3 rings (SSSR count). The molecule has 7 nitrogen and oxygen atoms in total. The third-order valence-corrected chi connectivity index (χ3v) is 6.59. The van der Waals surface area contributed by atoms with E-state index in [9.17, 15) is 14.9 Å². The van der Waals surface area contributed by atoms with Gasteiger partial charge in [-0.05, 0) is 81.2 Å². The van der Waals surface area contributed by atoms with Crippen LogP contribution in [0.2, 0.25) is 0 Å². The van der Waals surface area contributed by atoms with Crippen LogP contribution in [0.5, 0.6) is 5.75 Å². The minimum Gasteiger partial charge on any atom is -0.488 e. The zero-order chi connectivity index (χ0) is 26.8. The lowest BCUT2D eigenvalue weighted by atomic mass is 9.88. The Morgan fingerprint density at radius 1 is 1.16 bits per heavy atom. The zero-order valence-electron chi connectivity index (χ0n) is 22.3. The monoisotopic (exact) mass is 506 g/mol. The fraction of sp³-hybridized carbons (Fsp3) is 0.500. The first-order chi connectivity index (χ1) is 17.7. The summed E-state index contributed by atoms with van der Waals surface area (Å²) in [4.78, 5) is 23.5. The summed E-state index contributed by atoms with van der Waals surface area (Å²) in [6, 6.07) is 16.0. The second kappa shape index (κ2) is 13.3. The molecule has 0 amide bonds. The van der Waals surface area contributed by atoms with E-state index in [1.54, 1.807) is 25.1 Å². The normalized spacial score (nSPS) is 13.9. The lowest BCUT2D eigenvalue weighted by Crippen LogP contribution is -2.47. The van der Waals surface area contributed by atoms with Crippen molar-refractivity contribution in [3.8, 4) is 11.8 Å². The molecule has 0 saturated heterocycles. The summed E-state index contributed by atoms with van der Waals surface area (Å²) in [5.74, 6) is 0.324. The van der Waals surface area contributed by atoms with Gasteiger partial charge >= 0.3 is 11.9 Å². The van der Waals surface area contributed by atoms with E-state index in [1.165, 1.54) is 18.1 Å². The van der Waals surface area contributed by atoms with Crippen LogP contribution in [0.4, 0.5) is 0 Å². The number of carbonyl (C=O) groups is 2. The van der Waals surface area contributed by atoms with Crippen molar-refractivity contribution in [3.05, 3.63) is 64.7 Å². The number of rotatable bonds is 13. The zero-order valence-corrected chi connectivity index (χ0v) is 22.3. The van der Waals surface area contributed by atoms with Crippen molar-refractivity contribution in [1.82, 2.24) is 5.32 Å². The molecule has 0 unspecified atom stereocenters. The van der Waals surface area contributed by atoms with Crippen LogP contribution in [-0.2, 0) is 38.3 Å². The SMILES string of the molecule is CCOC(=O)CCc1ccc(C#N)c(OC[C@H](CNC(C)(C)CC2Cc3ccccc3C2)OC(C)=O)c1. The van der Waals surface area contributed by atoms with E-state index >= 15 is 0 Å². The summed E-state index contributed by atoms with van der Waals surface area (Å²) in [6.07, 6.45) is 3.38. The van der Waals surface area contributed by atoms with E-state index in [-0.39, 0.29) is 30.5 Å². The molecule has 2 aromatic rings. The number of aryl methyl sites for hydroxylation is 1. The molecular weight excluding hydrogens is 468 g/mol. The van der Waals surface area contributed by atoms with Crippen LogP contribution in [0.3, 0.4) is 0 Å². The maximum atomic E-state index is 11.8. The van der Waals surface area contributed by atoms with Gasteiger partial charge in [-0.1, -0.05) is 30.3 Å². The quantitative estimate of drug-likeness (QED) is 0.398. The molecule has 0 aliphatic heterocycles. The predicted molar refractivity (Wildman–Crippen MR) is 141 cm³/mol. The highest BCUT2D eigenvalue weighted by Gasteiger charge is 2.29. The molecule has 0 spiro atoms. The van der Waals surface area contributed by atoms with Gasteiger partial charge in [0.1, 0.15) is 24.5 Å². The van der Waals surface area contributed by atoms with Crippen LogP contribution >= 0.6 is 0 Å². The van der Waals surface area contributed by atoms with E-state index in [4.69, 9.17) is 14.2 Å². The second-order valence-corrected chi connectivity index (χ2v) is 10.3. The number of benzene rings is 2. The van der Waals surface area contributed by atoms with Gasteiger partial charge < -0.3 is 19.5 Å². The van der Waals surface area contributed by atoms with Crippen LogP contribution < -0.4 is 10.1 Å². The van der Waals surface area contributed by atoms with E-state index in [1.807, 2.05) is 0 Å². The molecule has 0 aromatic heterocycles. The highest BCUT2D eigenvalue weighted by Crippen LogP contribution is 2.32. The van der Waals surface area contributed by atoms with Crippen LogP contribution in [0.1, 0.15) is 62.8 Å². The Balaban J connectivity index is 1.57. The number of ether oxygens (including phenoxy) is 3. The van der Waals surface area contributed by atoms with Crippen LogP contribution in [0, 0.1) is 17.2 Å². The predicted octanol–water partition coefficient (Wildman–Crippen LogP) is 4.54. The smallest absolute Gasteiger partial charge is 0.306 e. The van der Waals surface area contributed by atoms with Gasteiger partial charge in [-0.15, -0.1) is 0 Å². The maximum Gasteiger partial charge on any atom is 0.306 e. The Hall–Kier alpha value is -3.37. The number of hydrogen-bond donors (Lipinski definition) is 1. The van der Waals surface area contributed by atoms with Crippen molar-refractivity contribution in [2.24, 2.45) is 5.92 Å². The molecule has 198 valence electrons. The highest BCUT2D eigenvalue weighted by atomic mass is 16.6. The molecule has 0 bridgehead atoms. The summed E-state index contributed by atoms with van der Waals surface area (Å²) >= 11 is 0. The molecule has 0 heterocycles. The molecule has 1 N–H and O–H groups in total. The number of hydrogen-bond acceptors (Lipinski definition) is 7. The van der Waals surface area contributed by atoms with Crippen molar-refractivity contribution < 1.29 is 23.8 Å². The minimum absolute atomic E-state index is 0.105. The number of fused-ring (bicyclic) bond motifs is 1. The first-order valence-corrected chi connectivity index (χ1v) is 13.0. The number of esters is 2. The van der Waals surface area contributed by atoms with Crippen molar-refractivity contribution in [1.29, 1.82) is 5.26 Å². The van der Waals surface area contributed by atoms with E-state index < -0.39 is 6.10 Å². The molecule has 1 atom stereocenters. The minimum atomic E-state index is -0.521. The lowest BCUT2D eigenvalue weighted by Gasteiger charge is -2.31. The fourth-order valence-electron chi connectivity index (χ4n) is 4.94. The van der Waals surface area contributed by atoms with Crippen molar-refractivity contribution >= 4 is 11.9 Å². The summed E-state index contributed by atoms with van der Waals surface area (Å²) in [6.45, 7) is 8.37. The fourth-order valence-corrected chi connectivity index (χ4v) is 4.94. The molecule has 0 radical (unpaired) electrons. The largest absolute Gasteiger partial charge is 0.488 e. The van der Waals surface area contributed by atoms with E-state index in [0.29, 0.717) is 36.8 Å². The molecule has 2 aromatic carbocycles. The summed E-state index contributed by atoms with van der Waals surface area (Å²) < 4.78 is 16.5. The van der Waals surface area contributed by atoms with Gasteiger partial charge in [-0.3, -0.25) is 9.59 Å². The molecule has 1 aliphatic carbocycles. The molecular formula is C30H38N2O5. The molecule has 7 heteroatoms. The van der Waals surface area contributed by atoms with E-state index in [0.717, 1.165) is 24.8 Å². The van der Waals surface area contributed by atoms with Gasteiger partial charge in [0.05, 0.1) is 12.2 Å². The Bertz CT molecular complexity index is 1100. The van der Waals surface area contributed by atoms with Crippen LogP contribution in [0.25, 0.3) is 0 Å². The Labute approximate surface area is 220 Å². The van der Waals surface area contributed by atoms with Gasteiger partial charge in [0.25, 0.3) is 0 Å². The maximum absolute atomic E-state index is 11.8. The Morgan fingerprint density at radius 2 is 1.86 bits per heavy atom. The first kappa shape index (κ1) is 28.2. The molecule has 0 fully saturated rings. The Morgan fingerprint density at radius 3 is 2.49 bits per heavy atom. The molecule has 0 saturated carbocycles. The van der Waals surface area contributed by atoms with Gasteiger partial charge in [-0.2, -0.15) is 5.26 Å². The van der Waals surface area contributed by atoms with Crippen molar-refractivity contribution in [2.75, 3.05) is 19.8 Å². The van der Waals surface area contributed by atoms with Gasteiger partial charge in [0.15, 0.2) is 0 Å². The first-order valence-electron chi connectivity index (χ1n) is 13.0. The third kappa shape index (κ3) is 8.91. The topological polar surface area (TPSA) is 97.7 Å². The summed E-state index contributed by atoms with van der Waals surface area (Å²) in [5.41, 5.74) is 3.97. The van der Waals surface area contributed by atoms with E-state index in [2.05, 4.69) is 49.5 Å². The molecule has 37 heavy (non-hydrogen) atoms. The summed E-state index contributed by atoms with van der Waals surface area (Å²) in [7, 11) is 0. The average molecular weight is 507 g/mol.